The third-order valence-corrected chi connectivity index (χ3v) is 4.44. The average Bonchev–Trinajstić information content (AvgIpc) is 2.84. The van der Waals surface area contributed by atoms with Gasteiger partial charge in [-0.1, -0.05) is 0 Å². The lowest BCUT2D eigenvalue weighted by Gasteiger charge is -2.14. The van der Waals surface area contributed by atoms with Crippen LogP contribution in [-0.2, 0) is 4.79 Å². The highest BCUT2D eigenvalue weighted by molar-refractivity contribution is 9.11. The van der Waals surface area contributed by atoms with E-state index in [1.807, 2.05) is 4.90 Å². The summed E-state index contributed by atoms with van der Waals surface area (Å²) in [7, 11) is 0. The van der Waals surface area contributed by atoms with Gasteiger partial charge in [0, 0.05) is 30.3 Å². The zero-order chi connectivity index (χ0) is 10.4. The number of amides is 1. The molecule has 1 aliphatic carbocycles. The molecule has 80 valence electrons. The van der Waals surface area contributed by atoms with E-state index in [0.717, 1.165) is 16.2 Å². The molecule has 0 radical (unpaired) electrons. The zero-order valence-corrected chi connectivity index (χ0v) is 10.6. The van der Waals surface area contributed by atoms with Crippen molar-refractivity contribution in [1.82, 2.24) is 9.88 Å². The molecule has 1 atom stereocenters. The smallest absolute Gasteiger partial charge is 0.223 e. The topological polar surface area (TPSA) is 33.2 Å². The standard InChI is InChI=1S/C10H11BrN2OS/c11-10-12-8(5-15-10)6-3-9(14)13(4-6)7-1-2-7/h5-7H,1-4H2/t6-/m0/s1. The third kappa shape index (κ3) is 1.83. The summed E-state index contributed by atoms with van der Waals surface area (Å²) in [6, 6.07) is 0.546. The Labute approximate surface area is 101 Å². The molecule has 0 aromatic carbocycles. The van der Waals surface area contributed by atoms with Crippen LogP contribution in [0.2, 0.25) is 0 Å². The van der Waals surface area contributed by atoms with Crippen molar-refractivity contribution in [3.63, 3.8) is 0 Å². The molecule has 0 N–H and O–H groups in total. The maximum Gasteiger partial charge on any atom is 0.223 e. The number of halogens is 1. The van der Waals surface area contributed by atoms with Crippen molar-refractivity contribution < 1.29 is 4.79 Å². The molecule has 3 nitrogen and oxygen atoms in total. The first-order valence-corrected chi connectivity index (χ1v) is 6.81. The summed E-state index contributed by atoms with van der Waals surface area (Å²) >= 11 is 4.95. The van der Waals surface area contributed by atoms with Crippen molar-refractivity contribution in [2.75, 3.05) is 6.54 Å². The maximum atomic E-state index is 11.7. The zero-order valence-electron chi connectivity index (χ0n) is 8.15. The van der Waals surface area contributed by atoms with Gasteiger partial charge in [-0.25, -0.2) is 4.98 Å². The summed E-state index contributed by atoms with van der Waals surface area (Å²) < 4.78 is 0.912. The number of carbonyl (C=O) groups excluding carboxylic acids is 1. The highest BCUT2D eigenvalue weighted by atomic mass is 79.9. The van der Waals surface area contributed by atoms with E-state index < -0.39 is 0 Å². The monoisotopic (exact) mass is 286 g/mol. The van der Waals surface area contributed by atoms with Crippen molar-refractivity contribution >= 4 is 33.2 Å². The van der Waals surface area contributed by atoms with Crippen LogP contribution in [0.5, 0.6) is 0 Å². The van der Waals surface area contributed by atoms with Crippen LogP contribution in [0.1, 0.15) is 30.9 Å². The van der Waals surface area contributed by atoms with Crippen LogP contribution in [0.3, 0.4) is 0 Å². The first kappa shape index (κ1) is 9.78. The maximum absolute atomic E-state index is 11.7. The normalized spacial score (nSPS) is 26.3. The summed E-state index contributed by atoms with van der Waals surface area (Å²) in [5.41, 5.74) is 1.07. The van der Waals surface area contributed by atoms with Gasteiger partial charge in [0.15, 0.2) is 3.92 Å². The summed E-state index contributed by atoms with van der Waals surface area (Å²) in [6.07, 6.45) is 3.03. The molecular weight excluding hydrogens is 276 g/mol. The fourth-order valence-corrected chi connectivity index (χ4v) is 3.23. The van der Waals surface area contributed by atoms with Gasteiger partial charge in [-0.05, 0) is 28.8 Å². The molecule has 1 aliphatic heterocycles. The van der Waals surface area contributed by atoms with E-state index in [9.17, 15) is 4.79 Å². The second kappa shape index (κ2) is 3.56. The fraction of sp³-hybridized carbons (Fsp3) is 0.600. The highest BCUT2D eigenvalue weighted by Gasteiger charge is 2.40. The number of rotatable bonds is 2. The molecule has 0 spiro atoms. The molecule has 0 bridgehead atoms. The highest BCUT2D eigenvalue weighted by Crippen LogP contribution is 2.37. The predicted molar refractivity (Wildman–Crippen MR) is 61.9 cm³/mol. The second-order valence-electron chi connectivity index (χ2n) is 4.20. The van der Waals surface area contributed by atoms with E-state index in [1.54, 1.807) is 11.3 Å². The molecule has 2 fully saturated rings. The van der Waals surface area contributed by atoms with Crippen LogP contribution in [0.4, 0.5) is 0 Å². The van der Waals surface area contributed by atoms with Crippen LogP contribution in [-0.4, -0.2) is 28.4 Å². The van der Waals surface area contributed by atoms with E-state index in [2.05, 4.69) is 26.3 Å². The molecule has 15 heavy (non-hydrogen) atoms. The Morgan fingerprint density at radius 2 is 2.33 bits per heavy atom. The van der Waals surface area contributed by atoms with Crippen molar-refractivity contribution in [2.45, 2.75) is 31.2 Å². The lowest BCUT2D eigenvalue weighted by Crippen LogP contribution is -2.27. The Kier molecular flexibility index (Phi) is 2.32. The molecule has 1 saturated heterocycles. The molecule has 1 aromatic rings. The lowest BCUT2D eigenvalue weighted by atomic mass is 10.1. The summed E-state index contributed by atoms with van der Waals surface area (Å²) in [5.74, 6) is 0.632. The van der Waals surface area contributed by atoms with Crippen LogP contribution in [0.15, 0.2) is 9.30 Å². The Balaban J connectivity index is 1.76. The number of nitrogens with zero attached hydrogens (tertiary/aromatic N) is 2. The van der Waals surface area contributed by atoms with Crippen LogP contribution in [0, 0.1) is 0 Å². The number of carbonyl (C=O) groups is 1. The number of hydrogen-bond acceptors (Lipinski definition) is 3. The van der Waals surface area contributed by atoms with E-state index in [1.165, 1.54) is 12.8 Å². The first-order chi connectivity index (χ1) is 7.24. The van der Waals surface area contributed by atoms with E-state index in [-0.39, 0.29) is 0 Å². The minimum absolute atomic E-state index is 0.312. The van der Waals surface area contributed by atoms with Gasteiger partial charge in [-0.3, -0.25) is 4.79 Å². The number of thiazole rings is 1. The third-order valence-electron chi connectivity index (χ3n) is 3.06. The number of hydrogen-bond donors (Lipinski definition) is 0. The SMILES string of the molecule is O=C1C[C@H](c2csc(Br)n2)CN1C1CC1. The van der Waals surface area contributed by atoms with E-state index >= 15 is 0 Å². The molecule has 5 heteroatoms. The Hall–Kier alpha value is -0.420. The quantitative estimate of drug-likeness (QED) is 0.836. The second-order valence-corrected chi connectivity index (χ2v) is 6.34. The van der Waals surface area contributed by atoms with Crippen molar-refractivity contribution in [3.05, 3.63) is 15.0 Å². The molecular formula is C10H11BrN2OS. The van der Waals surface area contributed by atoms with Crippen LogP contribution < -0.4 is 0 Å². The van der Waals surface area contributed by atoms with Crippen molar-refractivity contribution in [1.29, 1.82) is 0 Å². The molecule has 1 amide bonds. The van der Waals surface area contributed by atoms with Gasteiger partial charge in [0.2, 0.25) is 5.91 Å². The van der Waals surface area contributed by atoms with Gasteiger partial charge < -0.3 is 4.90 Å². The molecule has 1 saturated carbocycles. The number of likely N-dealkylation sites (tertiary alicyclic amines) is 1. The molecule has 0 unspecified atom stereocenters. The average molecular weight is 287 g/mol. The first-order valence-electron chi connectivity index (χ1n) is 5.14. The van der Waals surface area contributed by atoms with Crippen molar-refractivity contribution in [2.24, 2.45) is 0 Å². The summed E-state index contributed by atoms with van der Waals surface area (Å²) in [5, 5.41) is 2.05. The Morgan fingerprint density at radius 3 is 2.93 bits per heavy atom. The molecule has 3 rings (SSSR count). The molecule has 2 aliphatic rings. The Morgan fingerprint density at radius 1 is 1.53 bits per heavy atom. The van der Waals surface area contributed by atoms with Gasteiger partial charge >= 0.3 is 0 Å². The van der Waals surface area contributed by atoms with Crippen molar-refractivity contribution in [3.8, 4) is 0 Å². The van der Waals surface area contributed by atoms with E-state index in [4.69, 9.17) is 0 Å². The lowest BCUT2D eigenvalue weighted by molar-refractivity contribution is -0.128. The van der Waals surface area contributed by atoms with Gasteiger partial charge in [-0.15, -0.1) is 11.3 Å². The van der Waals surface area contributed by atoms with Gasteiger partial charge in [0.25, 0.3) is 0 Å². The largest absolute Gasteiger partial charge is 0.339 e. The molecule has 2 heterocycles. The predicted octanol–water partition coefficient (Wildman–Crippen LogP) is 2.38. The minimum atomic E-state index is 0.312. The Bertz CT molecular complexity index is 402. The fourth-order valence-electron chi connectivity index (χ4n) is 2.12. The number of aromatic nitrogens is 1. The van der Waals surface area contributed by atoms with Gasteiger partial charge in [-0.2, -0.15) is 0 Å². The van der Waals surface area contributed by atoms with Crippen LogP contribution in [0.25, 0.3) is 0 Å². The summed E-state index contributed by atoms with van der Waals surface area (Å²) in [4.78, 5) is 18.2. The van der Waals surface area contributed by atoms with Gasteiger partial charge in [0.1, 0.15) is 0 Å². The van der Waals surface area contributed by atoms with Gasteiger partial charge in [0.05, 0.1) is 5.69 Å². The summed E-state index contributed by atoms with van der Waals surface area (Å²) in [6.45, 7) is 0.875. The molecule has 1 aromatic heterocycles. The minimum Gasteiger partial charge on any atom is -0.339 e. The van der Waals surface area contributed by atoms with Crippen LogP contribution >= 0.6 is 27.3 Å². The van der Waals surface area contributed by atoms with E-state index in [0.29, 0.717) is 24.3 Å².